The number of benzene rings is 2. The van der Waals surface area contributed by atoms with Crippen LogP contribution in [0.5, 0.6) is 5.88 Å². The van der Waals surface area contributed by atoms with E-state index in [0.717, 1.165) is 23.6 Å². The fourth-order valence-corrected chi connectivity index (χ4v) is 5.17. The summed E-state index contributed by atoms with van der Waals surface area (Å²) < 4.78 is 43.8. The predicted octanol–water partition coefficient (Wildman–Crippen LogP) is 5.19. The summed E-state index contributed by atoms with van der Waals surface area (Å²) in [5.74, 6) is -1.57. The standard InChI is InChI=1S/C28H23F2N5O4S/c1-15-33-34-27(40-15)14-39-26-4-2-3-22(32-26)19-12-20(29)17(9-21(19)30)11-25-31-23-6-5-16(28(36)37)10-24(23)35(25)13-18-7-8-38-18/h2-6,9-10,12,18H,7-8,11,13-14H2,1H3,(H,36,37). The zero-order valence-electron chi connectivity index (χ0n) is 21.3. The molecule has 1 aliphatic heterocycles. The topological polar surface area (TPSA) is 112 Å². The van der Waals surface area contributed by atoms with Crippen LogP contribution in [0.1, 0.15) is 38.2 Å². The van der Waals surface area contributed by atoms with Gasteiger partial charge < -0.3 is 19.1 Å². The first-order valence-corrected chi connectivity index (χ1v) is 13.4. The number of carboxylic acid groups (broad SMARTS) is 1. The molecule has 1 aliphatic rings. The molecule has 0 saturated carbocycles. The van der Waals surface area contributed by atoms with Gasteiger partial charge in [-0.2, -0.15) is 0 Å². The fraction of sp³-hybridized carbons (Fsp3) is 0.250. The van der Waals surface area contributed by atoms with E-state index in [-0.39, 0.29) is 47.4 Å². The molecule has 204 valence electrons. The average molecular weight is 564 g/mol. The lowest BCUT2D eigenvalue weighted by molar-refractivity contribution is -0.0589. The summed E-state index contributed by atoms with van der Waals surface area (Å²) in [6.07, 6.45) is 0.807. The van der Waals surface area contributed by atoms with Gasteiger partial charge >= 0.3 is 5.97 Å². The van der Waals surface area contributed by atoms with Crippen LogP contribution < -0.4 is 4.74 Å². The van der Waals surface area contributed by atoms with Crippen LogP contribution in [0.2, 0.25) is 0 Å². The van der Waals surface area contributed by atoms with E-state index >= 15 is 8.78 Å². The van der Waals surface area contributed by atoms with E-state index in [1.165, 1.54) is 17.4 Å². The van der Waals surface area contributed by atoms with Gasteiger partial charge in [-0.25, -0.2) is 23.5 Å². The second-order valence-electron chi connectivity index (χ2n) is 9.39. The van der Waals surface area contributed by atoms with E-state index < -0.39 is 17.6 Å². The van der Waals surface area contributed by atoms with Crippen molar-refractivity contribution in [3.8, 4) is 17.1 Å². The Morgan fingerprint density at radius 1 is 1.15 bits per heavy atom. The minimum absolute atomic E-state index is 0.000862. The number of aromatic carboxylic acids is 1. The number of pyridine rings is 1. The SMILES string of the molecule is Cc1nnc(COc2cccc(-c3cc(F)c(Cc4nc5ccc(C(=O)O)cc5n4CC4CCO4)cc3F)n2)s1. The number of halogens is 2. The van der Waals surface area contributed by atoms with E-state index in [0.29, 0.717) is 35.0 Å². The van der Waals surface area contributed by atoms with Gasteiger partial charge in [0.15, 0.2) is 5.01 Å². The molecule has 3 aromatic heterocycles. The third-order valence-electron chi connectivity index (χ3n) is 6.65. The molecule has 4 heterocycles. The molecule has 40 heavy (non-hydrogen) atoms. The molecular weight excluding hydrogens is 540 g/mol. The number of carboxylic acids is 1. The molecule has 12 heteroatoms. The quantitative estimate of drug-likeness (QED) is 0.261. The minimum Gasteiger partial charge on any atom is -0.478 e. The second-order valence-corrected chi connectivity index (χ2v) is 10.7. The van der Waals surface area contributed by atoms with Crippen LogP contribution in [-0.4, -0.2) is 48.5 Å². The van der Waals surface area contributed by atoms with Gasteiger partial charge in [0.05, 0.1) is 34.9 Å². The fourth-order valence-electron chi connectivity index (χ4n) is 4.54. The van der Waals surface area contributed by atoms with Crippen LogP contribution in [0.25, 0.3) is 22.3 Å². The van der Waals surface area contributed by atoms with E-state index in [1.54, 1.807) is 30.3 Å². The zero-order chi connectivity index (χ0) is 27.8. The Hall–Kier alpha value is -4.29. The predicted molar refractivity (Wildman–Crippen MR) is 142 cm³/mol. The van der Waals surface area contributed by atoms with Crippen molar-refractivity contribution in [1.82, 2.24) is 24.7 Å². The number of carbonyl (C=O) groups is 1. The first-order valence-electron chi connectivity index (χ1n) is 12.6. The van der Waals surface area contributed by atoms with Crippen LogP contribution >= 0.6 is 11.3 Å². The van der Waals surface area contributed by atoms with E-state index in [4.69, 9.17) is 9.47 Å². The summed E-state index contributed by atoms with van der Waals surface area (Å²) in [7, 11) is 0. The molecule has 0 radical (unpaired) electrons. The van der Waals surface area contributed by atoms with E-state index in [2.05, 4.69) is 20.2 Å². The average Bonchev–Trinajstić information content (AvgIpc) is 3.49. The first kappa shape index (κ1) is 26.0. The largest absolute Gasteiger partial charge is 0.478 e. The molecule has 1 atom stereocenters. The van der Waals surface area contributed by atoms with Crippen molar-refractivity contribution in [1.29, 1.82) is 0 Å². The lowest BCUT2D eigenvalue weighted by Crippen LogP contribution is -2.31. The Labute approximate surface area is 231 Å². The van der Waals surface area contributed by atoms with Crippen LogP contribution in [0.15, 0.2) is 48.5 Å². The van der Waals surface area contributed by atoms with Crippen molar-refractivity contribution in [2.75, 3.05) is 6.61 Å². The molecule has 0 spiro atoms. The number of aromatic nitrogens is 5. The van der Waals surface area contributed by atoms with Gasteiger partial charge in [0.1, 0.15) is 29.1 Å². The van der Waals surface area contributed by atoms with Gasteiger partial charge in [0, 0.05) is 24.7 Å². The number of hydrogen-bond donors (Lipinski definition) is 1. The Bertz CT molecular complexity index is 1730. The molecule has 1 saturated heterocycles. The second kappa shape index (κ2) is 10.7. The highest BCUT2D eigenvalue weighted by atomic mass is 32.1. The molecule has 9 nitrogen and oxygen atoms in total. The Balaban J connectivity index is 1.28. The molecular formula is C28H23F2N5O4S. The van der Waals surface area contributed by atoms with Gasteiger partial charge in [0.25, 0.3) is 0 Å². The van der Waals surface area contributed by atoms with Crippen molar-refractivity contribution in [2.45, 2.75) is 39.0 Å². The van der Waals surface area contributed by atoms with Crippen LogP contribution in [-0.2, 0) is 24.3 Å². The van der Waals surface area contributed by atoms with Gasteiger partial charge in [-0.3, -0.25) is 0 Å². The smallest absolute Gasteiger partial charge is 0.335 e. The third-order valence-corrected chi connectivity index (χ3v) is 7.46. The number of fused-ring (bicyclic) bond motifs is 1. The molecule has 0 amide bonds. The Morgan fingerprint density at radius 3 is 2.73 bits per heavy atom. The molecule has 0 bridgehead atoms. The molecule has 0 aliphatic carbocycles. The molecule has 2 aromatic carbocycles. The maximum Gasteiger partial charge on any atom is 0.335 e. The number of ether oxygens (including phenoxy) is 2. The summed E-state index contributed by atoms with van der Waals surface area (Å²) in [5.41, 5.74) is 1.64. The van der Waals surface area contributed by atoms with Crippen LogP contribution in [0.3, 0.4) is 0 Å². The van der Waals surface area contributed by atoms with E-state index in [1.807, 2.05) is 11.5 Å². The monoisotopic (exact) mass is 563 g/mol. The van der Waals surface area contributed by atoms with Crippen molar-refractivity contribution in [2.24, 2.45) is 0 Å². The first-order chi connectivity index (χ1) is 19.3. The van der Waals surface area contributed by atoms with Crippen molar-refractivity contribution in [3.63, 3.8) is 0 Å². The molecule has 1 fully saturated rings. The van der Waals surface area contributed by atoms with Gasteiger partial charge in [-0.1, -0.05) is 17.4 Å². The number of aryl methyl sites for hydroxylation is 1. The number of nitrogens with zero attached hydrogens (tertiary/aromatic N) is 5. The molecule has 6 rings (SSSR count). The summed E-state index contributed by atoms with van der Waals surface area (Å²) in [4.78, 5) is 20.5. The summed E-state index contributed by atoms with van der Waals surface area (Å²) in [6, 6.07) is 11.8. The number of imidazole rings is 1. The number of rotatable bonds is 9. The minimum atomic E-state index is -1.06. The maximum atomic E-state index is 15.4. The third kappa shape index (κ3) is 5.27. The van der Waals surface area contributed by atoms with Gasteiger partial charge in [0.2, 0.25) is 5.88 Å². The van der Waals surface area contributed by atoms with Gasteiger partial charge in [-0.15, -0.1) is 10.2 Å². The highest BCUT2D eigenvalue weighted by Crippen LogP contribution is 2.29. The maximum absolute atomic E-state index is 15.4. The summed E-state index contributed by atoms with van der Waals surface area (Å²) in [6.45, 7) is 3.09. The zero-order valence-corrected chi connectivity index (χ0v) is 22.1. The molecule has 1 N–H and O–H groups in total. The van der Waals surface area contributed by atoms with Crippen molar-refractivity contribution < 1.29 is 28.2 Å². The highest BCUT2D eigenvalue weighted by Gasteiger charge is 2.23. The van der Waals surface area contributed by atoms with Crippen LogP contribution in [0, 0.1) is 18.6 Å². The van der Waals surface area contributed by atoms with Gasteiger partial charge in [-0.05, 0) is 55.3 Å². The van der Waals surface area contributed by atoms with E-state index in [9.17, 15) is 9.90 Å². The van der Waals surface area contributed by atoms with Crippen molar-refractivity contribution in [3.05, 3.63) is 87.1 Å². The normalized spacial score (nSPS) is 14.8. The lowest BCUT2D eigenvalue weighted by Gasteiger charge is -2.27. The highest BCUT2D eigenvalue weighted by molar-refractivity contribution is 7.11. The summed E-state index contributed by atoms with van der Waals surface area (Å²) in [5, 5.41) is 18.9. The van der Waals surface area contributed by atoms with Crippen LogP contribution in [0.4, 0.5) is 8.78 Å². The Kier molecular flexibility index (Phi) is 6.95. The molecule has 5 aromatic rings. The Morgan fingerprint density at radius 2 is 2.00 bits per heavy atom. The van der Waals surface area contributed by atoms with Crippen molar-refractivity contribution >= 4 is 28.3 Å². The molecule has 1 unspecified atom stereocenters. The lowest BCUT2D eigenvalue weighted by atomic mass is 10.0. The summed E-state index contributed by atoms with van der Waals surface area (Å²) >= 11 is 1.40. The number of hydrogen-bond acceptors (Lipinski definition) is 8.